The number of ketones is 2. The van der Waals surface area contributed by atoms with Crippen molar-refractivity contribution >= 4 is 11.6 Å². The fourth-order valence-electron chi connectivity index (χ4n) is 7.13. The maximum absolute atomic E-state index is 12.8. The van der Waals surface area contributed by atoms with Crippen molar-refractivity contribution in [1.29, 1.82) is 0 Å². The number of Topliss-reactive ketones (excluding diaryl/α,β-unsaturated/α-hetero) is 2. The maximum atomic E-state index is 12.8. The summed E-state index contributed by atoms with van der Waals surface area (Å²) in [6.45, 7) is 0. The summed E-state index contributed by atoms with van der Waals surface area (Å²) in [6.07, 6.45) is 9.34. The highest BCUT2D eigenvalue weighted by atomic mass is 16.2. The minimum atomic E-state index is -0.387. The quantitative estimate of drug-likeness (QED) is 0.623. The minimum Gasteiger partial charge on any atom is -0.298 e. The zero-order chi connectivity index (χ0) is 11.2. The zero-order valence-electron chi connectivity index (χ0n) is 9.30. The minimum absolute atomic E-state index is 0.120. The van der Waals surface area contributed by atoms with Gasteiger partial charge in [0.15, 0.2) is 0 Å². The van der Waals surface area contributed by atoms with Gasteiger partial charge in [0.25, 0.3) is 0 Å². The van der Waals surface area contributed by atoms with Crippen LogP contribution < -0.4 is 0 Å². The van der Waals surface area contributed by atoms with E-state index >= 15 is 0 Å². The predicted octanol–water partition coefficient (Wildman–Crippen LogP) is 1.38. The Hall–Kier alpha value is -1.18. The molecule has 0 amide bonds. The molecule has 5 fully saturated rings. The average Bonchev–Trinajstić information content (AvgIpc) is 2.80. The van der Waals surface area contributed by atoms with E-state index in [2.05, 4.69) is 12.2 Å². The standard InChI is InChI=1S/C15H12O2/c16-12-10-8-6-5-7-9(8)11(10)13(17)15(7)4-2-1-3-14(6,12)15/h1-4,6-11H,5H2. The smallest absolute Gasteiger partial charge is 0.148 e. The molecule has 17 heavy (non-hydrogen) atoms. The van der Waals surface area contributed by atoms with Gasteiger partial charge in [0.1, 0.15) is 11.6 Å². The first-order chi connectivity index (χ1) is 8.25. The number of carbonyl (C=O) groups excluding carboxylic acids is 2. The van der Waals surface area contributed by atoms with Gasteiger partial charge in [-0.2, -0.15) is 0 Å². The van der Waals surface area contributed by atoms with Crippen molar-refractivity contribution < 1.29 is 9.59 Å². The Morgan fingerprint density at radius 3 is 1.82 bits per heavy atom. The molecule has 0 aromatic rings. The Kier molecular flexibility index (Phi) is 0.842. The van der Waals surface area contributed by atoms with Gasteiger partial charge in [0, 0.05) is 11.8 Å². The van der Waals surface area contributed by atoms with Crippen molar-refractivity contribution in [2.45, 2.75) is 6.42 Å². The summed E-state index contributed by atoms with van der Waals surface area (Å²) in [5.41, 5.74) is -0.773. The summed E-state index contributed by atoms with van der Waals surface area (Å²) in [4.78, 5) is 25.5. The number of hydrogen-bond donors (Lipinski definition) is 0. The molecule has 0 aromatic carbocycles. The molecule has 2 bridgehead atoms. The van der Waals surface area contributed by atoms with E-state index in [9.17, 15) is 9.59 Å². The van der Waals surface area contributed by atoms with Crippen LogP contribution >= 0.6 is 0 Å². The van der Waals surface area contributed by atoms with Crippen molar-refractivity contribution in [2.24, 2.45) is 46.3 Å². The summed E-state index contributed by atoms with van der Waals surface area (Å²) >= 11 is 0. The van der Waals surface area contributed by atoms with E-state index < -0.39 is 0 Å². The average molecular weight is 224 g/mol. The van der Waals surface area contributed by atoms with E-state index in [1.54, 1.807) is 0 Å². The molecule has 0 N–H and O–H groups in total. The molecule has 0 radical (unpaired) electrons. The van der Waals surface area contributed by atoms with Crippen molar-refractivity contribution in [2.75, 3.05) is 0 Å². The van der Waals surface area contributed by atoms with Crippen LogP contribution in [0.2, 0.25) is 0 Å². The molecule has 0 aromatic heterocycles. The van der Waals surface area contributed by atoms with E-state index in [1.165, 1.54) is 0 Å². The molecule has 6 aliphatic rings. The van der Waals surface area contributed by atoms with Crippen LogP contribution in [0.15, 0.2) is 24.3 Å². The Morgan fingerprint density at radius 2 is 1.35 bits per heavy atom. The van der Waals surface area contributed by atoms with Crippen LogP contribution in [0.25, 0.3) is 0 Å². The molecule has 0 heterocycles. The molecule has 2 spiro atoms. The van der Waals surface area contributed by atoms with Crippen LogP contribution in [0.5, 0.6) is 0 Å². The zero-order valence-corrected chi connectivity index (χ0v) is 9.30. The third kappa shape index (κ3) is 0.413. The Balaban J connectivity index is 1.85. The fraction of sp³-hybridized carbons (Fsp3) is 0.600. The van der Waals surface area contributed by atoms with Crippen LogP contribution in [0.3, 0.4) is 0 Å². The Labute approximate surface area is 98.8 Å². The van der Waals surface area contributed by atoms with Crippen LogP contribution in [0, 0.1) is 46.3 Å². The molecule has 0 saturated heterocycles. The van der Waals surface area contributed by atoms with Gasteiger partial charge in [-0.15, -0.1) is 0 Å². The lowest BCUT2D eigenvalue weighted by atomic mass is 9.55. The number of carbonyl (C=O) groups is 2. The van der Waals surface area contributed by atoms with Crippen LogP contribution in [-0.4, -0.2) is 11.6 Å². The van der Waals surface area contributed by atoms with E-state index in [-0.39, 0.29) is 22.7 Å². The highest BCUT2D eigenvalue weighted by Crippen LogP contribution is 2.89. The van der Waals surface area contributed by atoms with Gasteiger partial charge in [0.05, 0.1) is 10.8 Å². The highest BCUT2D eigenvalue weighted by Gasteiger charge is 2.93. The van der Waals surface area contributed by atoms with Gasteiger partial charge >= 0.3 is 0 Å². The van der Waals surface area contributed by atoms with Gasteiger partial charge in [-0.05, 0) is 30.1 Å². The van der Waals surface area contributed by atoms with Gasteiger partial charge < -0.3 is 0 Å². The summed E-state index contributed by atoms with van der Waals surface area (Å²) < 4.78 is 0. The second kappa shape index (κ2) is 1.79. The Morgan fingerprint density at radius 1 is 0.882 bits per heavy atom. The maximum Gasteiger partial charge on any atom is 0.148 e. The fourth-order valence-corrected chi connectivity index (χ4v) is 7.13. The van der Waals surface area contributed by atoms with Crippen molar-refractivity contribution in [1.82, 2.24) is 0 Å². The summed E-state index contributed by atoms with van der Waals surface area (Å²) in [6, 6.07) is 0. The van der Waals surface area contributed by atoms with Gasteiger partial charge in [0.2, 0.25) is 0 Å². The molecule has 6 rings (SSSR count). The third-order valence-electron chi connectivity index (χ3n) is 7.20. The number of fused-ring (bicyclic) bond motifs is 1. The normalized spacial score (nSPS) is 70.4. The van der Waals surface area contributed by atoms with E-state index in [0.29, 0.717) is 35.2 Å². The topological polar surface area (TPSA) is 34.1 Å². The lowest BCUT2D eigenvalue weighted by Gasteiger charge is -2.44. The molecular formula is C15H12O2. The third-order valence-corrected chi connectivity index (χ3v) is 7.20. The molecule has 6 aliphatic carbocycles. The van der Waals surface area contributed by atoms with Gasteiger partial charge in [-0.25, -0.2) is 0 Å². The summed E-state index contributed by atoms with van der Waals surface area (Å²) in [5, 5.41) is 0. The second-order valence-corrected chi connectivity index (χ2v) is 6.84. The van der Waals surface area contributed by atoms with E-state index in [1.807, 2.05) is 12.2 Å². The molecular weight excluding hydrogens is 212 g/mol. The Bertz CT molecular complexity index is 548. The van der Waals surface area contributed by atoms with Gasteiger partial charge in [-0.3, -0.25) is 9.59 Å². The van der Waals surface area contributed by atoms with E-state index in [4.69, 9.17) is 0 Å². The molecule has 2 nitrogen and oxygen atoms in total. The SMILES string of the molecule is O=C1C2C3C(=O)C45C=CC=CC14C1CC5C3C21. The van der Waals surface area contributed by atoms with Crippen molar-refractivity contribution in [3.63, 3.8) is 0 Å². The first kappa shape index (κ1) is 8.02. The lowest BCUT2D eigenvalue weighted by Crippen LogP contribution is -2.54. The first-order valence-corrected chi connectivity index (χ1v) is 6.71. The number of hydrogen-bond acceptors (Lipinski definition) is 2. The molecule has 0 aliphatic heterocycles. The molecule has 84 valence electrons. The number of rotatable bonds is 0. The van der Waals surface area contributed by atoms with Crippen molar-refractivity contribution in [3.05, 3.63) is 24.3 Å². The van der Waals surface area contributed by atoms with Gasteiger partial charge in [-0.1, -0.05) is 24.3 Å². The van der Waals surface area contributed by atoms with Crippen molar-refractivity contribution in [3.8, 4) is 0 Å². The van der Waals surface area contributed by atoms with Crippen LogP contribution in [0.1, 0.15) is 6.42 Å². The highest BCUT2D eigenvalue weighted by molar-refractivity contribution is 6.13. The lowest BCUT2D eigenvalue weighted by molar-refractivity contribution is -0.151. The first-order valence-electron chi connectivity index (χ1n) is 6.71. The van der Waals surface area contributed by atoms with Crippen LogP contribution in [-0.2, 0) is 9.59 Å². The molecule has 2 heteroatoms. The number of allylic oxidation sites excluding steroid dienone is 4. The second-order valence-electron chi connectivity index (χ2n) is 6.84. The molecule has 5 saturated carbocycles. The predicted molar refractivity (Wildman–Crippen MR) is 58.7 cm³/mol. The monoisotopic (exact) mass is 224 g/mol. The summed E-state index contributed by atoms with van der Waals surface area (Å²) in [5.74, 6) is 3.24. The molecule has 8 atom stereocenters. The van der Waals surface area contributed by atoms with E-state index in [0.717, 1.165) is 6.42 Å². The largest absolute Gasteiger partial charge is 0.298 e. The molecule has 8 unspecified atom stereocenters. The van der Waals surface area contributed by atoms with Crippen LogP contribution in [0.4, 0.5) is 0 Å². The summed E-state index contributed by atoms with van der Waals surface area (Å²) in [7, 11) is 0.